The Morgan fingerprint density at radius 1 is 1.38 bits per heavy atom. The van der Waals surface area contributed by atoms with Crippen LogP contribution in [0.1, 0.15) is 22.8 Å². The second-order valence-electron chi connectivity index (χ2n) is 3.22. The fourth-order valence-electron chi connectivity index (χ4n) is 1.40. The molecule has 0 atom stereocenters. The first kappa shape index (κ1) is 10.1. The van der Waals surface area contributed by atoms with E-state index < -0.39 is 0 Å². The summed E-state index contributed by atoms with van der Waals surface area (Å²) in [5.74, 6) is -0.121. The maximum absolute atomic E-state index is 11.5. The number of Topliss-reactive ketones (excluding diaryl/α,β-unsaturated/α-hetero) is 1. The third-order valence-electron chi connectivity index (χ3n) is 2.14. The average molecular weight is 212 g/mol. The molecule has 0 radical (unpaired) electrons. The number of carbonyl (C=O) groups is 1. The molecule has 0 bridgehead atoms. The van der Waals surface area contributed by atoms with E-state index in [1.807, 2.05) is 6.07 Å². The van der Waals surface area contributed by atoms with Crippen molar-refractivity contribution in [3.8, 4) is 11.8 Å². The van der Waals surface area contributed by atoms with Gasteiger partial charge in [-0.25, -0.2) is 0 Å². The molecule has 78 valence electrons. The lowest BCUT2D eigenvalue weighted by molar-refractivity contribution is 0.101. The quantitative estimate of drug-likeness (QED) is 0.704. The van der Waals surface area contributed by atoms with E-state index in [1.165, 1.54) is 24.1 Å². The van der Waals surface area contributed by atoms with Crippen molar-refractivity contribution >= 4 is 5.78 Å². The zero-order valence-corrected chi connectivity index (χ0v) is 8.58. The predicted molar refractivity (Wildman–Crippen MR) is 56.1 cm³/mol. The second-order valence-corrected chi connectivity index (χ2v) is 3.22. The smallest absolute Gasteiger partial charge is 0.162 e. The summed E-state index contributed by atoms with van der Waals surface area (Å²) < 4.78 is 0. The molecule has 2 rings (SSSR count). The summed E-state index contributed by atoms with van der Waals surface area (Å²) in [5.41, 5.74) is 1.47. The van der Waals surface area contributed by atoms with Crippen LogP contribution in [0.25, 0.3) is 5.69 Å². The summed E-state index contributed by atoms with van der Waals surface area (Å²) in [6, 6.07) is 6.83. The van der Waals surface area contributed by atoms with Crippen LogP contribution in [0.15, 0.2) is 30.6 Å². The Morgan fingerprint density at radius 3 is 2.62 bits per heavy atom. The molecule has 5 nitrogen and oxygen atoms in total. The zero-order valence-electron chi connectivity index (χ0n) is 8.58. The molecule has 0 N–H and O–H groups in total. The van der Waals surface area contributed by atoms with Gasteiger partial charge in [0.1, 0.15) is 0 Å². The fourth-order valence-corrected chi connectivity index (χ4v) is 1.40. The molecule has 0 saturated carbocycles. The maximum atomic E-state index is 11.5. The summed E-state index contributed by atoms with van der Waals surface area (Å²) in [4.78, 5) is 12.8. The number of nitrogens with zero attached hydrogens (tertiary/aromatic N) is 4. The van der Waals surface area contributed by atoms with E-state index in [-0.39, 0.29) is 5.78 Å². The van der Waals surface area contributed by atoms with Gasteiger partial charge in [-0.05, 0) is 25.1 Å². The minimum atomic E-state index is -0.121. The summed E-state index contributed by atoms with van der Waals surface area (Å²) in [5, 5.41) is 16.7. The summed E-state index contributed by atoms with van der Waals surface area (Å²) >= 11 is 0. The highest BCUT2D eigenvalue weighted by atomic mass is 16.1. The number of rotatable bonds is 2. The summed E-state index contributed by atoms with van der Waals surface area (Å²) in [7, 11) is 0. The van der Waals surface area contributed by atoms with E-state index in [4.69, 9.17) is 5.26 Å². The summed E-state index contributed by atoms with van der Waals surface area (Å²) in [6.07, 6.45) is 3.06. The summed E-state index contributed by atoms with van der Waals surface area (Å²) in [6.45, 7) is 1.45. The SMILES string of the molecule is CC(=O)c1cc(C#N)ccc1-n1nccn1. The Hall–Kier alpha value is -2.48. The number of nitriles is 1. The monoisotopic (exact) mass is 212 g/mol. The minimum absolute atomic E-state index is 0.121. The van der Waals surface area contributed by atoms with Gasteiger partial charge in [-0.2, -0.15) is 20.3 Å². The Bertz CT molecular complexity index is 566. The highest BCUT2D eigenvalue weighted by Crippen LogP contribution is 2.15. The number of hydrogen-bond donors (Lipinski definition) is 0. The molecule has 0 unspecified atom stereocenters. The Kier molecular flexibility index (Phi) is 2.48. The largest absolute Gasteiger partial charge is 0.294 e. The zero-order chi connectivity index (χ0) is 11.5. The van der Waals surface area contributed by atoms with Gasteiger partial charge in [-0.1, -0.05) is 0 Å². The van der Waals surface area contributed by atoms with Crippen LogP contribution >= 0.6 is 0 Å². The van der Waals surface area contributed by atoms with Crippen molar-refractivity contribution < 1.29 is 4.79 Å². The van der Waals surface area contributed by atoms with E-state index in [0.717, 1.165) is 0 Å². The van der Waals surface area contributed by atoms with Crippen molar-refractivity contribution in [1.82, 2.24) is 15.0 Å². The van der Waals surface area contributed by atoms with Gasteiger partial charge in [0, 0.05) is 5.56 Å². The molecule has 0 aliphatic rings. The fraction of sp³-hybridized carbons (Fsp3) is 0.0909. The molecule has 1 heterocycles. The van der Waals surface area contributed by atoms with E-state index in [9.17, 15) is 4.79 Å². The topological polar surface area (TPSA) is 71.6 Å². The lowest BCUT2D eigenvalue weighted by Crippen LogP contribution is -2.06. The molecule has 16 heavy (non-hydrogen) atoms. The van der Waals surface area contributed by atoms with Gasteiger partial charge >= 0.3 is 0 Å². The maximum Gasteiger partial charge on any atom is 0.162 e. The van der Waals surface area contributed by atoms with E-state index >= 15 is 0 Å². The molecular formula is C11H8N4O. The molecule has 0 spiro atoms. The second kappa shape index (κ2) is 3.95. The van der Waals surface area contributed by atoms with Crippen LogP contribution in [0, 0.1) is 11.3 Å². The Balaban J connectivity index is 2.63. The minimum Gasteiger partial charge on any atom is -0.294 e. The normalized spacial score (nSPS) is 9.75. The van der Waals surface area contributed by atoms with Crippen LogP contribution in [0.5, 0.6) is 0 Å². The highest BCUT2D eigenvalue weighted by Gasteiger charge is 2.11. The Morgan fingerprint density at radius 2 is 2.06 bits per heavy atom. The molecule has 0 aliphatic heterocycles. The molecule has 5 heteroatoms. The molecule has 1 aromatic carbocycles. The van der Waals surface area contributed by atoms with Crippen molar-refractivity contribution in [3.63, 3.8) is 0 Å². The predicted octanol–water partition coefficient (Wildman–Crippen LogP) is 1.34. The van der Waals surface area contributed by atoms with E-state index in [2.05, 4.69) is 10.2 Å². The molecular weight excluding hydrogens is 204 g/mol. The molecule has 0 amide bonds. The number of carbonyl (C=O) groups excluding carboxylic acids is 1. The van der Waals surface area contributed by atoms with Crippen molar-refractivity contribution in [3.05, 3.63) is 41.7 Å². The van der Waals surface area contributed by atoms with E-state index in [0.29, 0.717) is 16.8 Å². The number of hydrogen-bond acceptors (Lipinski definition) is 4. The molecule has 0 aliphatic carbocycles. The van der Waals surface area contributed by atoms with Crippen LogP contribution in [-0.4, -0.2) is 20.8 Å². The van der Waals surface area contributed by atoms with Gasteiger partial charge in [-0.15, -0.1) is 0 Å². The van der Waals surface area contributed by atoms with Gasteiger partial charge in [0.2, 0.25) is 0 Å². The van der Waals surface area contributed by atoms with Gasteiger partial charge in [0.05, 0.1) is 29.7 Å². The molecule has 1 aromatic heterocycles. The van der Waals surface area contributed by atoms with Crippen LogP contribution in [0.2, 0.25) is 0 Å². The van der Waals surface area contributed by atoms with Crippen molar-refractivity contribution in [2.45, 2.75) is 6.92 Å². The standard InChI is InChI=1S/C11H8N4O/c1-8(16)10-6-9(7-12)2-3-11(10)15-13-4-5-14-15/h2-6H,1H3. The first-order valence-corrected chi connectivity index (χ1v) is 4.64. The third kappa shape index (κ3) is 1.68. The third-order valence-corrected chi connectivity index (χ3v) is 2.14. The van der Waals surface area contributed by atoms with E-state index in [1.54, 1.807) is 18.2 Å². The van der Waals surface area contributed by atoms with Crippen molar-refractivity contribution in [1.29, 1.82) is 5.26 Å². The van der Waals surface area contributed by atoms with Crippen LogP contribution in [0.3, 0.4) is 0 Å². The Labute approximate surface area is 91.9 Å². The lowest BCUT2D eigenvalue weighted by Gasteiger charge is -2.05. The van der Waals surface area contributed by atoms with Crippen molar-refractivity contribution in [2.75, 3.05) is 0 Å². The van der Waals surface area contributed by atoms with Crippen molar-refractivity contribution in [2.24, 2.45) is 0 Å². The highest BCUT2D eigenvalue weighted by molar-refractivity contribution is 5.97. The van der Waals surface area contributed by atoms with Gasteiger partial charge < -0.3 is 0 Å². The van der Waals surface area contributed by atoms with Crippen LogP contribution < -0.4 is 0 Å². The molecule has 0 fully saturated rings. The number of aromatic nitrogens is 3. The van der Waals surface area contributed by atoms with Crippen LogP contribution in [0.4, 0.5) is 0 Å². The first-order valence-electron chi connectivity index (χ1n) is 4.64. The van der Waals surface area contributed by atoms with Gasteiger partial charge in [0.15, 0.2) is 5.78 Å². The van der Waals surface area contributed by atoms with Crippen LogP contribution in [-0.2, 0) is 0 Å². The van der Waals surface area contributed by atoms with Gasteiger partial charge in [0.25, 0.3) is 0 Å². The average Bonchev–Trinajstić information content (AvgIpc) is 2.81. The van der Waals surface area contributed by atoms with Gasteiger partial charge in [-0.3, -0.25) is 4.79 Å². The number of benzene rings is 1. The first-order chi connectivity index (χ1) is 7.72. The molecule has 2 aromatic rings. The molecule has 0 saturated heterocycles. The lowest BCUT2D eigenvalue weighted by atomic mass is 10.1. The number of ketones is 1.